The number of hydrogen-bond donors (Lipinski definition) is 1. The summed E-state index contributed by atoms with van der Waals surface area (Å²) < 4.78 is 6.29. The highest BCUT2D eigenvalue weighted by atomic mass is 79.9. The quantitative estimate of drug-likeness (QED) is 0.665. The fraction of sp³-hybridized carbons (Fsp3) is 0.300. The Morgan fingerprint density at radius 2 is 1.81 bits per heavy atom. The second-order valence-electron chi connectivity index (χ2n) is 6.73. The maximum Gasteiger partial charge on any atom is 0.246 e. The molecule has 0 saturated heterocycles. The molecule has 1 aromatic carbocycles. The molecule has 4 rings (SSSR count). The van der Waals surface area contributed by atoms with Crippen molar-refractivity contribution in [2.24, 2.45) is 0 Å². The van der Waals surface area contributed by atoms with Crippen molar-refractivity contribution < 1.29 is 9.32 Å². The van der Waals surface area contributed by atoms with Crippen LogP contribution in [0.5, 0.6) is 0 Å². The number of pyridine rings is 1. The van der Waals surface area contributed by atoms with Gasteiger partial charge in [-0.05, 0) is 42.7 Å². The summed E-state index contributed by atoms with van der Waals surface area (Å²) in [5, 5.41) is 6.98. The molecule has 2 aromatic heterocycles. The predicted octanol–water partition coefficient (Wildman–Crippen LogP) is 4.02. The molecule has 7 heteroatoms. The number of benzene rings is 1. The zero-order chi connectivity index (χ0) is 18.7. The van der Waals surface area contributed by atoms with E-state index in [2.05, 4.69) is 36.4 Å². The van der Waals surface area contributed by atoms with Crippen LogP contribution in [-0.4, -0.2) is 21.0 Å². The molecular formula is C20H19BrN4O2. The molecule has 6 nitrogen and oxygen atoms in total. The molecule has 3 aromatic rings. The van der Waals surface area contributed by atoms with Crippen LogP contribution in [0.25, 0.3) is 11.4 Å². The van der Waals surface area contributed by atoms with Crippen LogP contribution in [0, 0.1) is 0 Å². The smallest absolute Gasteiger partial charge is 0.246 e. The normalized spacial score (nSPS) is 15.6. The van der Waals surface area contributed by atoms with Gasteiger partial charge in [0.25, 0.3) is 0 Å². The van der Waals surface area contributed by atoms with Gasteiger partial charge in [-0.1, -0.05) is 46.1 Å². The highest BCUT2D eigenvalue weighted by Gasteiger charge is 2.42. The van der Waals surface area contributed by atoms with Crippen LogP contribution in [0.1, 0.15) is 37.1 Å². The molecule has 138 valence electrons. The molecule has 0 unspecified atom stereocenters. The number of aromatic nitrogens is 3. The van der Waals surface area contributed by atoms with Crippen LogP contribution in [0.4, 0.5) is 0 Å². The Kier molecular flexibility index (Phi) is 5.03. The number of amides is 1. The molecule has 0 aliphatic heterocycles. The summed E-state index contributed by atoms with van der Waals surface area (Å²) in [4.78, 5) is 21.4. The van der Waals surface area contributed by atoms with Crippen molar-refractivity contribution in [2.75, 3.05) is 0 Å². The van der Waals surface area contributed by atoms with Crippen LogP contribution < -0.4 is 5.32 Å². The Labute approximate surface area is 165 Å². The van der Waals surface area contributed by atoms with E-state index in [1.165, 1.54) is 0 Å². The van der Waals surface area contributed by atoms with Crippen LogP contribution in [0.3, 0.4) is 0 Å². The van der Waals surface area contributed by atoms with E-state index in [-0.39, 0.29) is 12.5 Å². The first-order chi connectivity index (χ1) is 13.2. The largest absolute Gasteiger partial charge is 0.346 e. The van der Waals surface area contributed by atoms with E-state index in [1.807, 2.05) is 36.4 Å². The lowest BCUT2D eigenvalue weighted by Crippen LogP contribution is -2.42. The number of halogens is 1. The summed E-state index contributed by atoms with van der Waals surface area (Å²) in [6, 6.07) is 11.7. The summed E-state index contributed by atoms with van der Waals surface area (Å²) in [5.41, 5.74) is 1.41. The van der Waals surface area contributed by atoms with E-state index in [4.69, 9.17) is 4.52 Å². The van der Waals surface area contributed by atoms with Crippen LogP contribution in [0.15, 0.2) is 57.8 Å². The van der Waals surface area contributed by atoms with Gasteiger partial charge in [-0.15, -0.1) is 0 Å². The highest BCUT2D eigenvalue weighted by Crippen LogP contribution is 2.41. The average molecular weight is 427 g/mol. The fourth-order valence-corrected chi connectivity index (χ4v) is 3.93. The van der Waals surface area contributed by atoms with Gasteiger partial charge in [0.15, 0.2) is 0 Å². The molecule has 1 saturated carbocycles. The topological polar surface area (TPSA) is 80.9 Å². The van der Waals surface area contributed by atoms with Crippen LogP contribution in [0.2, 0.25) is 0 Å². The van der Waals surface area contributed by atoms with E-state index < -0.39 is 5.41 Å². The van der Waals surface area contributed by atoms with E-state index in [1.54, 1.807) is 12.4 Å². The standard InChI is InChI=1S/C20H19BrN4O2/c21-16-5-3-15(4-6-16)20(9-1-2-10-20)19(26)23-13-17-24-18(25-27-17)14-7-11-22-12-8-14/h3-8,11-12H,1-2,9-10,13H2,(H,23,26). The lowest BCUT2D eigenvalue weighted by atomic mass is 9.78. The number of nitrogens with zero attached hydrogens (tertiary/aromatic N) is 3. The van der Waals surface area contributed by atoms with Crippen molar-refractivity contribution in [1.29, 1.82) is 0 Å². The Bertz CT molecular complexity index is 919. The van der Waals surface area contributed by atoms with Gasteiger partial charge in [0.2, 0.25) is 17.6 Å². The monoisotopic (exact) mass is 426 g/mol. The predicted molar refractivity (Wildman–Crippen MR) is 104 cm³/mol. The second kappa shape index (κ2) is 7.60. The number of hydrogen-bond acceptors (Lipinski definition) is 5. The van der Waals surface area contributed by atoms with E-state index in [0.717, 1.165) is 41.3 Å². The molecule has 1 N–H and O–H groups in total. The molecule has 0 radical (unpaired) electrons. The van der Waals surface area contributed by atoms with Gasteiger partial charge in [0, 0.05) is 22.4 Å². The molecule has 2 heterocycles. The minimum atomic E-state index is -0.478. The van der Waals surface area contributed by atoms with Gasteiger partial charge in [-0.25, -0.2) is 0 Å². The number of carbonyl (C=O) groups is 1. The van der Waals surface area contributed by atoms with Crippen molar-refractivity contribution in [1.82, 2.24) is 20.4 Å². The maximum absolute atomic E-state index is 13.1. The number of nitrogens with one attached hydrogen (secondary N) is 1. The second-order valence-corrected chi connectivity index (χ2v) is 7.64. The maximum atomic E-state index is 13.1. The Morgan fingerprint density at radius 1 is 1.11 bits per heavy atom. The molecule has 27 heavy (non-hydrogen) atoms. The summed E-state index contributed by atoms with van der Waals surface area (Å²) >= 11 is 3.46. The minimum Gasteiger partial charge on any atom is -0.346 e. The van der Waals surface area contributed by atoms with Gasteiger partial charge in [-0.2, -0.15) is 4.98 Å². The molecule has 0 atom stereocenters. The van der Waals surface area contributed by atoms with Crippen molar-refractivity contribution in [3.8, 4) is 11.4 Å². The third-order valence-corrected chi connectivity index (χ3v) is 5.62. The first-order valence-electron chi connectivity index (χ1n) is 8.95. The molecule has 1 fully saturated rings. The lowest BCUT2D eigenvalue weighted by molar-refractivity contribution is -0.127. The first-order valence-corrected chi connectivity index (χ1v) is 9.74. The molecule has 1 amide bonds. The van der Waals surface area contributed by atoms with E-state index >= 15 is 0 Å². The van der Waals surface area contributed by atoms with Crippen molar-refractivity contribution in [2.45, 2.75) is 37.6 Å². The summed E-state index contributed by atoms with van der Waals surface area (Å²) in [6.45, 7) is 0.217. The minimum absolute atomic E-state index is 0.0194. The van der Waals surface area contributed by atoms with E-state index in [9.17, 15) is 4.79 Å². The Balaban J connectivity index is 1.48. The Morgan fingerprint density at radius 3 is 2.52 bits per heavy atom. The highest BCUT2D eigenvalue weighted by molar-refractivity contribution is 9.10. The van der Waals surface area contributed by atoms with Crippen molar-refractivity contribution in [3.63, 3.8) is 0 Å². The summed E-state index contributed by atoms with van der Waals surface area (Å²) in [7, 11) is 0. The fourth-order valence-electron chi connectivity index (χ4n) is 3.66. The number of rotatable bonds is 5. The first kappa shape index (κ1) is 17.9. The third-order valence-electron chi connectivity index (χ3n) is 5.10. The molecule has 1 aliphatic rings. The Hall–Kier alpha value is -2.54. The molecule has 0 spiro atoms. The van der Waals surface area contributed by atoms with Crippen molar-refractivity contribution >= 4 is 21.8 Å². The van der Waals surface area contributed by atoms with Gasteiger partial charge >= 0.3 is 0 Å². The van der Waals surface area contributed by atoms with Crippen LogP contribution in [-0.2, 0) is 16.8 Å². The SMILES string of the molecule is O=C(NCc1nc(-c2ccncc2)no1)C1(c2ccc(Br)cc2)CCCC1. The lowest BCUT2D eigenvalue weighted by Gasteiger charge is -2.28. The zero-order valence-electron chi connectivity index (χ0n) is 14.7. The average Bonchev–Trinajstić information content (AvgIpc) is 3.38. The molecular weight excluding hydrogens is 408 g/mol. The van der Waals surface area contributed by atoms with Crippen LogP contribution >= 0.6 is 15.9 Å². The summed E-state index contributed by atoms with van der Waals surface area (Å²) in [6.07, 6.45) is 7.16. The van der Waals surface area contributed by atoms with Gasteiger partial charge in [-0.3, -0.25) is 9.78 Å². The summed E-state index contributed by atoms with van der Waals surface area (Å²) in [5.74, 6) is 0.898. The molecule has 1 aliphatic carbocycles. The third kappa shape index (κ3) is 3.64. The molecule has 0 bridgehead atoms. The van der Waals surface area contributed by atoms with Gasteiger partial charge in [0.05, 0.1) is 12.0 Å². The van der Waals surface area contributed by atoms with E-state index in [0.29, 0.717) is 11.7 Å². The van der Waals surface area contributed by atoms with Gasteiger partial charge < -0.3 is 9.84 Å². The number of carbonyl (C=O) groups excluding carboxylic acids is 1. The van der Waals surface area contributed by atoms with Gasteiger partial charge in [0.1, 0.15) is 0 Å². The van der Waals surface area contributed by atoms with Crippen molar-refractivity contribution in [3.05, 3.63) is 64.7 Å². The zero-order valence-corrected chi connectivity index (χ0v) is 16.3.